The third-order valence-electron chi connectivity index (χ3n) is 5.96. The summed E-state index contributed by atoms with van der Waals surface area (Å²) in [6.45, 7) is 10.4. The average molecular weight is 439 g/mol. The first-order valence-corrected chi connectivity index (χ1v) is 11.3. The van der Waals surface area contributed by atoms with Gasteiger partial charge >= 0.3 is 0 Å². The van der Waals surface area contributed by atoms with Gasteiger partial charge in [-0.2, -0.15) is 4.98 Å². The Morgan fingerprint density at radius 2 is 2.03 bits per heavy atom. The van der Waals surface area contributed by atoms with Crippen LogP contribution in [0.4, 0.5) is 21.8 Å². The van der Waals surface area contributed by atoms with Gasteiger partial charge < -0.3 is 19.5 Å². The summed E-state index contributed by atoms with van der Waals surface area (Å²) < 4.78 is 22.6. The number of piperidine rings is 1. The maximum Gasteiger partial charge on any atom is 0.227 e. The topological polar surface area (TPSA) is 68.1 Å². The van der Waals surface area contributed by atoms with Gasteiger partial charge in [-0.25, -0.2) is 14.4 Å². The highest BCUT2D eigenvalue weighted by atomic mass is 19.1. The Balaban J connectivity index is 1.53. The minimum Gasteiger partial charge on any atom is -0.494 e. The fraction of sp³-hybridized carbons (Fsp3) is 0.458. The number of anilines is 3. The summed E-state index contributed by atoms with van der Waals surface area (Å²) in [5.74, 6) is 1.41. The van der Waals surface area contributed by atoms with Crippen LogP contribution in [0.15, 0.2) is 37.1 Å². The minimum absolute atomic E-state index is 0.189. The Morgan fingerprint density at radius 3 is 2.69 bits per heavy atom. The van der Waals surface area contributed by atoms with Crippen LogP contribution in [0.2, 0.25) is 0 Å². The number of benzene rings is 1. The van der Waals surface area contributed by atoms with Gasteiger partial charge in [-0.1, -0.05) is 13.8 Å². The van der Waals surface area contributed by atoms with Gasteiger partial charge in [0.2, 0.25) is 5.95 Å². The van der Waals surface area contributed by atoms with Crippen LogP contribution in [-0.4, -0.2) is 39.2 Å². The smallest absolute Gasteiger partial charge is 0.227 e. The standard InChI is InChI=1S/C24H31FN6O/c1-5-32-22-12-17(4)21(13-19(22)16(2)3)28-23-20(25)14-27-24(29-23)30-9-6-18(7-10-30)31-11-8-26-15-31/h8,11-16,18H,5-7,9-10H2,1-4H3,(H,27,28,29). The van der Waals surface area contributed by atoms with Crippen molar-refractivity contribution in [1.82, 2.24) is 19.5 Å². The third kappa shape index (κ3) is 4.69. The third-order valence-corrected chi connectivity index (χ3v) is 5.96. The van der Waals surface area contributed by atoms with Gasteiger partial charge in [0.05, 0.1) is 19.1 Å². The number of aromatic nitrogens is 4. The lowest BCUT2D eigenvalue weighted by Gasteiger charge is -2.32. The van der Waals surface area contributed by atoms with Gasteiger partial charge in [-0.3, -0.25) is 0 Å². The van der Waals surface area contributed by atoms with Gasteiger partial charge in [-0.05, 0) is 55.9 Å². The van der Waals surface area contributed by atoms with Crippen LogP contribution in [-0.2, 0) is 0 Å². The molecule has 1 aliphatic heterocycles. The number of nitrogens with zero attached hydrogens (tertiary/aromatic N) is 5. The molecule has 32 heavy (non-hydrogen) atoms. The molecule has 0 spiro atoms. The molecule has 0 amide bonds. The van der Waals surface area contributed by atoms with Crippen molar-refractivity contribution >= 4 is 17.5 Å². The number of halogens is 1. The van der Waals surface area contributed by atoms with Crippen LogP contribution in [0.3, 0.4) is 0 Å². The van der Waals surface area contributed by atoms with Crippen molar-refractivity contribution in [1.29, 1.82) is 0 Å². The Hall–Kier alpha value is -3.16. The predicted octanol–water partition coefficient (Wildman–Crippen LogP) is 5.23. The lowest BCUT2D eigenvalue weighted by molar-refractivity contribution is 0.335. The van der Waals surface area contributed by atoms with Gasteiger partial charge in [0, 0.05) is 37.2 Å². The Kier molecular flexibility index (Phi) is 6.58. The molecule has 0 unspecified atom stereocenters. The number of rotatable bonds is 7. The molecule has 7 nitrogen and oxygen atoms in total. The van der Waals surface area contributed by atoms with E-state index >= 15 is 0 Å². The molecular weight excluding hydrogens is 407 g/mol. The SMILES string of the molecule is CCOc1cc(C)c(Nc2nc(N3CCC(n4ccnc4)CC3)ncc2F)cc1C(C)C. The molecule has 0 bridgehead atoms. The highest BCUT2D eigenvalue weighted by Crippen LogP contribution is 2.34. The number of aryl methyl sites for hydroxylation is 1. The van der Waals surface area contributed by atoms with Crippen molar-refractivity contribution in [3.8, 4) is 5.75 Å². The summed E-state index contributed by atoms with van der Waals surface area (Å²) in [5.41, 5.74) is 2.87. The van der Waals surface area contributed by atoms with Crippen LogP contribution in [0.5, 0.6) is 5.75 Å². The van der Waals surface area contributed by atoms with Gasteiger partial charge in [0.25, 0.3) is 0 Å². The van der Waals surface area contributed by atoms with Crippen LogP contribution in [0.1, 0.15) is 56.7 Å². The van der Waals surface area contributed by atoms with E-state index in [4.69, 9.17) is 4.74 Å². The molecule has 3 heterocycles. The van der Waals surface area contributed by atoms with E-state index in [1.54, 1.807) is 6.20 Å². The molecule has 2 aromatic heterocycles. The lowest BCUT2D eigenvalue weighted by atomic mass is 9.99. The molecular formula is C24H31FN6O. The van der Waals surface area contributed by atoms with Gasteiger partial charge in [-0.15, -0.1) is 0 Å². The van der Waals surface area contributed by atoms with Crippen molar-refractivity contribution in [3.63, 3.8) is 0 Å². The highest BCUT2D eigenvalue weighted by molar-refractivity contribution is 5.65. The fourth-order valence-electron chi connectivity index (χ4n) is 4.14. The largest absolute Gasteiger partial charge is 0.494 e. The maximum atomic E-state index is 14.6. The first-order valence-electron chi connectivity index (χ1n) is 11.3. The minimum atomic E-state index is -0.471. The molecule has 1 aromatic carbocycles. The highest BCUT2D eigenvalue weighted by Gasteiger charge is 2.23. The van der Waals surface area contributed by atoms with Crippen molar-refractivity contribution in [2.24, 2.45) is 0 Å². The average Bonchev–Trinajstić information content (AvgIpc) is 3.32. The normalized spacial score (nSPS) is 14.8. The summed E-state index contributed by atoms with van der Waals surface area (Å²) in [4.78, 5) is 15.0. The Morgan fingerprint density at radius 1 is 1.25 bits per heavy atom. The number of imidazole rings is 1. The summed E-state index contributed by atoms with van der Waals surface area (Å²) in [6.07, 6.45) is 8.86. The van der Waals surface area contributed by atoms with Crippen molar-refractivity contribution in [2.45, 2.75) is 52.5 Å². The van der Waals surface area contributed by atoms with E-state index in [0.717, 1.165) is 48.5 Å². The van der Waals surface area contributed by atoms with E-state index in [2.05, 4.69) is 43.6 Å². The number of nitrogens with one attached hydrogen (secondary N) is 1. The van der Waals surface area contributed by atoms with Gasteiger partial charge in [0.1, 0.15) is 5.75 Å². The van der Waals surface area contributed by atoms with E-state index in [1.165, 1.54) is 6.20 Å². The summed E-state index contributed by atoms with van der Waals surface area (Å²) >= 11 is 0. The van der Waals surface area contributed by atoms with Crippen LogP contribution < -0.4 is 15.0 Å². The molecule has 1 saturated heterocycles. The monoisotopic (exact) mass is 438 g/mol. The molecule has 0 radical (unpaired) electrons. The molecule has 1 aliphatic rings. The molecule has 3 aromatic rings. The van der Waals surface area contributed by atoms with Crippen molar-refractivity contribution in [3.05, 3.63) is 54.0 Å². The Labute approximate surface area is 188 Å². The van der Waals surface area contributed by atoms with E-state index in [9.17, 15) is 4.39 Å². The molecule has 4 rings (SSSR count). The maximum absolute atomic E-state index is 14.6. The molecule has 1 fully saturated rings. The summed E-state index contributed by atoms with van der Waals surface area (Å²) in [5, 5.41) is 3.20. The molecule has 1 N–H and O–H groups in total. The molecule has 0 saturated carbocycles. The van der Waals surface area contributed by atoms with Crippen molar-refractivity contribution in [2.75, 3.05) is 29.9 Å². The predicted molar refractivity (Wildman–Crippen MR) is 124 cm³/mol. The van der Waals surface area contributed by atoms with Crippen molar-refractivity contribution < 1.29 is 9.13 Å². The first-order chi connectivity index (χ1) is 15.5. The van der Waals surface area contributed by atoms with Crippen LogP contribution in [0.25, 0.3) is 0 Å². The van der Waals surface area contributed by atoms with Crippen LogP contribution in [0, 0.1) is 12.7 Å². The summed E-state index contributed by atoms with van der Waals surface area (Å²) in [7, 11) is 0. The summed E-state index contributed by atoms with van der Waals surface area (Å²) in [6, 6.07) is 4.46. The number of hydrogen-bond acceptors (Lipinski definition) is 6. The molecule has 8 heteroatoms. The number of hydrogen-bond donors (Lipinski definition) is 1. The fourth-order valence-corrected chi connectivity index (χ4v) is 4.14. The second kappa shape index (κ2) is 9.54. The zero-order valence-electron chi connectivity index (χ0n) is 19.2. The number of ether oxygens (including phenoxy) is 1. The second-order valence-corrected chi connectivity index (χ2v) is 8.51. The van der Waals surface area contributed by atoms with E-state index in [1.807, 2.05) is 38.5 Å². The molecule has 0 aliphatic carbocycles. The van der Waals surface area contributed by atoms with E-state index in [-0.39, 0.29) is 11.7 Å². The quantitative estimate of drug-likeness (QED) is 0.545. The lowest BCUT2D eigenvalue weighted by Crippen LogP contribution is -2.35. The first kappa shape index (κ1) is 22.0. The van der Waals surface area contributed by atoms with Crippen LogP contribution >= 0.6 is 0 Å². The van der Waals surface area contributed by atoms with E-state index in [0.29, 0.717) is 18.6 Å². The van der Waals surface area contributed by atoms with E-state index < -0.39 is 5.82 Å². The van der Waals surface area contributed by atoms with Gasteiger partial charge in [0.15, 0.2) is 11.6 Å². The zero-order valence-corrected chi connectivity index (χ0v) is 19.2. The zero-order chi connectivity index (χ0) is 22.7. The molecule has 170 valence electrons. The second-order valence-electron chi connectivity index (χ2n) is 8.51. The molecule has 0 atom stereocenters. The Bertz CT molecular complexity index is 1040.